The van der Waals surface area contributed by atoms with E-state index in [1.165, 1.54) is 0 Å². The molecule has 92 valence electrons. The van der Waals surface area contributed by atoms with Gasteiger partial charge in [-0.3, -0.25) is 9.69 Å². The Morgan fingerprint density at radius 2 is 2.41 bits per heavy atom. The maximum atomic E-state index is 11.8. The molecule has 9 heteroatoms. The quantitative estimate of drug-likeness (QED) is 0.619. The minimum Gasteiger partial charge on any atom is -0.465 e. The van der Waals surface area contributed by atoms with Crippen LogP contribution in [-0.4, -0.2) is 55.2 Å². The lowest BCUT2D eigenvalue weighted by Crippen LogP contribution is -2.45. The van der Waals surface area contributed by atoms with Crippen LogP contribution in [0.5, 0.6) is 0 Å². The van der Waals surface area contributed by atoms with E-state index in [9.17, 15) is 9.59 Å². The number of carbonyl (C=O) groups is 2. The summed E-state index contributed by atoms with van der Waals surface area (Å²) in [7, 11) is 0. The Kier molecular flexibility index (Phi) is 3.17. The predicted molar refractivity (Wildman–Crippen MR) is 53.8 cm³/mol. The number of tetrazole rings is 1. The first-order chi connectivity index (χ1) is 8.18. The van der Waals surface area contributed by atoms with Crippen molar-refractivity contribution in [2.24, 2.45) is 0 Å². The highest BCUT2D eigenvalue weighted by Gasteiger charge is 2.33. The fourth-order valence-corrected chi connectivity index (χ4v) is 1.81. The van der Waals surface area contributed by atoms with E-state index < -0.39 is 12.1 Å². The van der Waals surface area contributed by atoms with Gasteiger partial charge in [0, 0.05) is 6.54 Å². The molecule has 0 aromatic carbocycles. The molecule has 1 unspecified atom stereocenters. The summed E-state index contributed by atoms with van der Waals surface area (Å²) in [5, 5.41) is 24.4. The molecule has 0 radical (unpaired) electrons. The van der Waals surface area contributed by atoms with Crippen molar-refractivity contribution in [2.75, 3.05) is 6.54 Å². The van der Waals surface area contributed by atoms with Gasteiger partial charge >= 0.3 is 6.09 Å². The Morgan fingerprint density at radius 3 is 3.06 bits per heavy atom. The first-order valence-electron chi connectivity index (χ1n) is 5.18. The third-order valence-corrected chi connectivity index (χ3v) is 2.61. The van der Waals surface area contributed by atoms with Gasteiger partial charge in [0.05, 0.1) is 6.54 Å². The maximum Gasteiger partial charge on any atom is 0.407 e. The van der Waals surface area contributed by atoms with Crippen molar-refractivity contribution in [3.05, 3.63) is 5.82 Å². The van der Waals surface area contributed by atoms with Gasteiger partial charge in [0.25, 0.3) is 0 Å². The number of carbonyl (C=O) groups excluding carboxylic acids is 1. The maximum absolute atomic E-state index is 11.8. The molecule has 0 aliphatic carbocycles. The van der Waals surface area contributed by atoms with E-state index in [2.05, 4.69) is 25.9 Å². The molecular formula is C8H12N6O3. The van der Waals surface area contributed by atoms with Crippen molar-refractivity contribution in [1.82, 2.24) is 30.8 Å². The Hall–Kier alpha value is -2.19. The van der Waals surface area contributed by atoms with Crippen LogP contribution in [0, 0.1) is 0 Å². The molecule has 0 bridgehead atoms. The van der Waals surface area contributed by atoms with Crippen LogP contribution in [-0.2, 0) is 11.3 Å². The van der Waals surface area contributed by atoms with Crippen molar-refractivity contribution >= 4 is 12.0 Å². The van der Waals surface area contributed by atoms with E-state index in [-0.39, 0.29) is 12.5 Å². The van der Waals surface area contributed by atoms with Crippen molar-refractivity contribution in [1.29, 1.82) is 0 Å². The second-order valence-corrected chi connectivity index (χ2v) is 3.68. The number of rotatable bonds is 3. The number of amides is 2. The van der Waals surface area contributed by atoms with Gasteiger partial charge < -0.3 is 10.4 Å². The molecule has 9 nitrogen and oxygen atoms in total. The molecule has 1 fully saturated rings. The van der Waals surface area contributed by atoms with Crippen LogP contribution in [0.1, 0.15) is 18.7 Å². The Morgan fingerprint density at radius 1 is 1.59 bits per heavy atom. The minimum atomic E-state index is -1.07. The van der Waals surface area contributed by atoms with Gasteiger partial charge in [-0.1, -0.05) is 5.21 Å². The summed E-state index contributed by atoms with van der Waals surface area (Å²) in [6, 6.07) is -0.612. The number of nitrogens with zero attached hydrogens (tertiary/aromatic N) is 4. The highest BCUT2D eigenvalue weighted by atomic mass is 16.4. The number of aromatic nitrogens is 4. The zero-order chi connectivity index (χ0) is 12.3. The summed E-state index contributed by atoms with van der Waals surface area (Å²) in [6.45, 7) is 0.537. The SMILES string of the molecule is O=C(NCc1nn[nH]n1)C1CCCN1C(=O)O. The summed E-state index contributed by atoms with van der Waals surface area (Å²) in [6.07, 6.45) is 0.180. The monoisotopic (exact) mass is 240 g/mol. The molecule has 0 saturated carbocycles. The first kappa shape index (κ1) is 11.3. The third kappa shape index (κ3) is 2.49. The van der Waals surface area contributed by atoms with Crippen molar-refractivity contribution in [3.8, 4) is 0 Å². The highest BCUT2D eigenvalue weighted by Crippen LogP contribution is 2.17. The van der Waals surface area contributed by atoms with Gasteiger partial charge in [-0.15, -0.1) is 10.2 Å². The van der Waals surface area contributed by atoms with Gasteiger partial charge in [0.1, 0.15) is 6.04 Å². The van der Waals surface area contributed by atoms with Crippen LogP contribution >= 0.6 is 0 Å². The lowest BCUT2D eigenvalue weighted by molar-refractivity contribution is -0.125. The summed E-state index contributed by atoms with van der Waals surface area (Å²) < 4.78 is 0. The standard InChI is InChI=1S/C8H12N6O3/c15-7(9-4-6-10-12-13-11-6)5-2-1-3-14(5)8(16)17/h5H,1-4H2,(H,9,15)(H,16,17)(H,10,11,12,13). The topological polar surface area (TPSA) is 124 Å². The van der Waals surface area contributed by atoms with Crippen LogP contribution in [0.15, 0.2) is 0 Å². The second kappa shape index (κ2) is 4.76. The van der Waals surface area contributed by atoms with Gasteiger partial charge in [-0.25, -0.2) is 4.79 Å². The number of hydrogen-bond donors (Lipinski definition) is 3. The molecular weight excluding hydrogens is 228 g/mol. The largest absolute Gasteiger partial charge is 0.465 e. The molecule has 1 saturated heterocycles. The summed E-state index contributed by atoms with van der Waals surface area (Å²) >= 11 is 0. The number of likely N-dealkylation sites (tertiary alicyclic amines) is 1. The molecule has 2 rings (SSSR count). The van der Waals surface area contributed by atoms with Crippen molar-refractivity contribution < 1.29 is 14.7 Å². The van der Waals surface area contributed by atoms with Gasteiger partial charge in [0.2, 0.25) is 5.91 Å². The zero-order valence-corrected chi connectivity index (χ0v) is 8.96. The number of nitrogens with one attached hydrogen (secondary N) is 2. The van der Waals surface area contributed by atoms with E-state index >= 15 is 0 Å². The fourth-order valence-electron chi connectivity index (χ4n) is 1.81. The van der Waals surface area contributed by atoms with Crippen LogP contribution in [0.3, 0.4) is 0 Å². The van der Waals surface area contributed by atoms with Crippen LogP contribution in [0.25, 0.3) is 0 Å². The zero-order valence-electron chi connectivity index (χ0n) is 8.96. The number of carboxylic acid groups (broad SMARTS) is 1. The molecule has 1 aliphatic rings. The van der Waals surface area contributed by atoms with E-state index in [1.807, 2.05) is 0 Å². The summed E-state index contributed by atoms with van der Waals surface area (Å²) in [5.41, 5.74) is 0. The first-order valence-corrected chi connectivity index (χ1v) is 5.18. The van der Waals surface area contributed by atoms with Gasteiger partial charge in [0.15, 0.2) is 5.82 Å². The lowest BCUT2D eigenvalue weighted by atomic mass is 10.2. The molecule has 3 N–H and O–H groups in total. The van der Waals surface area contributed by atoms with Gasteiger partial charge in [-0.05, 0) is 12.8 Å². The summed E-state index contributed by atoms with van der Waals surface area (Å²) in [5.74, 6) is 0.0351. The van der Waals surface area contributed by atoms with E-state index in [0.717, 1.165) is 4.90 Å². The highest BCUT2D eigenvalue weighted by molar-refractivity contribution is 5.85. The number of hydrogen-bond acceptors (Lipinski definition) is 5. The van der Waals surface area contributed by atoms with Gasteiger partial charge in [-0.2, -0.15) is 5.21 Å². The molecule has 1 aromatic heterocycles. The third-order valence-electron chi connectivity index (χ3n) is 2.61. The molecule has 1 atom stereocenters. The normalized spacial score (nSPS) is 19.3. The van der Waals surface area contributed by atoms with Crippen molar-refractivity contribution in [2.45, 2.75) is 25.4 Å². The molecule has 17 heavy (non-hydrogen) atoms. The van der Waals surface area contributed by atoms with Crippen LogP contribution in [0.4, 0.5) is 4.79 Å². The average molecular weight is 240 g/mol. The smallest absolute Gasteiger partial charge is 0.407 e. The van der Waals surface area contributed by atoms with Crippen LogP contribution < -0.4 is 5.32 Å². The summed E-state index contributed by atoms with van der Waals surface area (Å²) in [4.78, 5) is 23.8. The molecule has 1 aliphatic heterocycles. The lowest BCUT2D eigenvalue weighted by Gasteiger charge is -2.20. The number of H-pyrrole nitrogens is 1. The minimum absolute atomic E-state index is 0.138. The Balaban J connectivity index is 1.89. The average Bonchev–Trinajstić information content (AvgIpc) is 2.96. The molecule has 2 amide bonds. The molecule has 1 aromatic rings. The van der Waals surface area contributed by atoms with E-state index in [1.54, 1.807) is 0 Å². The fraction of sp³-hybridized carbons (Fsp3) is 0.625. The molecule has 0 spiro atoms. The second-order valence-electron chi connectivity index (χ2n) is 3.68. The van der Waals surface area contributed by atoms with E-state index in [0.29, 0.717) is 25.2 Å². The number of aromatic amines is 1. The molecule has 2 heterocycles. The van der Waals surface area contributed by atoms with Crippen molar-refractivity contribution in [3.63, 3.8) is 0 Å². The Bertz CT molecular complexity index is 405. The van der Waals surface area contributed by atoms with Crippen LogP contribution in [0.2, 0.25) is 0 Å². The predicted octanol–water partition coefficient (Wildman–Crippen LogP) is -1.04. The Labute approximate surface area is 96.2 Å². The van der Waals surface area contributed by atoms with E-state index in [4.69, 9.17) is 5.11 Å².